The van der Waals surface area contributed by atoms with Gasteiger partial charge in [-0.15, -0.1) is 0 Å². The molecule has 0 spiro atoms. The van der Waals surface area contributed by atoms with E-state index in [1.54, 1.807) is 0 Å². The molecule has 0 aliphatic rings. The van der Waals surface area contributed by atoms with Gasteiger partial charge in [0, 0.05) is 5.39 Å². The summed E-state index contributed by atoms with van der Waals surface area (Å²) in [6, 6.07) is 27.4. The maximum Gasteiger partial charge on any atom is 0.359 e. The normalized spacial score (nSPS) is 10.8. The number of hydrogen-bond donors (Lipinski definition) is 0. The average Bonchev–Trinajstić information content (AvgIpc) is 3.06. The molecule has 1 aromatic heterocycles. The molecule has 0 saturated heterocycles. The Morgan fingerprint density at radius 2 is 1.42 bits per heavy atom. The van der Waals surface area contributed by atoms with Crippen molar-refractivity contribution in [1.82, 2.24) is 9.78 Å². The van der Waals surface area contributed by atoms with E-state index in [0.29, 0.717) is 12.2 Å². The van der Waals surface area contributed by atoms with E-state index in [-0.39, 0.29) is 6.61 Å². The van der Waals surface area contributed by atoms with Crippen molar-refractivity contribution in [3.8, 4) is 0 Å². The predicted octanol–water partition coefficient (Wildman–Crippen LogP) is 4.44. The lowest BCUT2D eigenvalue weighted by atomic mass is 10.2. The molecule has 0 unspecified atom stereocenters. The number of nitrogens with zero attached hydrogens (tertiary/aromatic N) is 2. The molecular weight excluding hydrogens is 324 g/mol. The Kier molecular flexibility index (Phi) is 4.48. The van der Waals surface area contributed by atoms with Gasteiger partial charge in [0.25, 0.3) is 0 Å². The number of carbonyl (C=O) groups excluding carboxylic acids is 1. The lowest BCUT2D eigenvalue weighted by molar-refractivity contribution is 0.0467. The summed E-state index contributed by atoms with van der Waals surface area (Å²) >= 11 is 0. The third-order valence-electron chi connectivity index (χ3n) is 4.24. The zero-order valence-corrected chi connectivity index (χ0v) is 14.2. The van der Waals surface area contributed by atoms with Gasteiger partial charge in [0.15, 0.2) is 5.69 Å². The fourth-order valence-corrected chi connectivity index (χ4v) is 2.95. The molecule has 0 N–H and O–H groups in total. The van der Waals surface area contributed by atoms with E-state index in [9.17, 15) is 4.79 Å². The van der Waals surface area contributed by atoms with E-state index in [2.05, 4.69) is 5.10 Å². The minimum Gasteiger partial charge on any atom is -0.456 e. The first-order valence-corrected chi connectivity index (χ1v) is 8.52. The van der Waals surface area contributed by atoms with Crippen LogP contribution in [0.2, 0.25) is 0 Å². The first kappa shape index (κ1) is 16.1. The van der Waals surface area contributed by atoms with Crippen molar-refractivity contribution in [3.05, 3.63) is 102 Å². The van der Waals surface area contributed by atoms with Crippen LogP contribution in [0.5, 0.6) is 0 Å². The Bertz CT molecular complexity index is 1020. The molecule has 0 radical (unpaired) electrons. The van der Waals surface area contributed by atoms with Gasteiger partial charge in [-0.3, -0.25) is 4.68 Å². The molecule has 4 aromatic rings. The molecule has 1 heterocycles. The molecule has 0 bridgehead atoms. The standard InChI is InChI=1S/C22H18N2O2/c25-22(26-16-18-11-5-2-6-12-18)21-19-13-7-8-14-20(19)24(23-21)15-17-9-3-1-4-10-17/h1-14H,15-16H2. The van der Waals surface area contributed by atoms with Crippen LogP contribution in [-0.2, 0) is 17.9 Å². The van der Waals surface area contributed by atoms with E-state index in [1.807, 2.05) is 89.6 Å². The second-order valence-corrected chi connectivity index (χ2v) is 6.07. The highest BCUT2D eigenvalue weighted by molar-refractivity contribution is 6.02. The summed E-state index contributed by atoms with van der Waals surface area (Å²) in [5.41, 5.74) is 3.36. The van der Waals surface area contributed by atoms with E-state index in [1.165, 1.54) is 0 Å². The number of fused-ring (bicyclic) bond motifs is 1. The molecule has 0 fully saturated rings. The summed E-state index contributed by atoms with van der Waals surface area (Å²) in [5, 5.41) is 5.35. The zero-order chi connectivity index (χ0) is 17.8. The van der Waals surface area contributed by atoms with Crippen LogP contribution in [0.25, 0.3) is 10.9 Å². The number of carbonyl (C=O) groups is 1. The third kappa shape index (κ3) is 3.35. The van der Waals surface area contributed by atoms with Crippen molar-refractivity contribution in [3.63, 3.8) is 0 Å². The summed E-state index contributed by atoms with van der Waals surface area (Å²) in [6.07, 6.45) is 0. The lowest BCUT2D eigenvalue weighted by Crippen LogP contribution is -2.08. The van der Waals surface area contributed by atoms with Crippen molar-refractivity contribution < 1.29 is 9.53 Å². The maximum atomic E-state index is 12.6. The molecule has 0 aliphatic heterocycles. The van der Waals surface area contributed by atoms with Gasteiger partial charge in [-0.1, -0.05) is 78.9 Å². The fourth-order valence-electron chi connectivity index (χ4n) is 2.95. The molecule has 0 amide bonds. The number of ether oxygens (including phenoxy) is 1. The molecule has 128 valence electrons. The van der Waals surface area contributed by atoms with Crippen LogP contribution < -0.4 is 0 Å². The molecule has 0 aliphatic carbocycles. The van der Waals surface area contributed by atoms with Gasteiger partial charge in [-0.2, -0.15) is 5.10 Å². The molecule has 4 nitrogen and oxygen atoms in total. The molecule has 26 heavy (non-hydrogen) atoms. The zero-order valence-electron chi connectivity index (χ0n) is 14.2. The monoisotopic (exact) mass is 342 g/mol. The minimum absolute atomic E-state index is 0.236. The number of benzene rings is 3. The molecule has 0 saturated carbocycles. The van der Waals surface area contributed by atoms with Crippen molar-refractivity contribution in [2.45, 2.75) is 13.2 Å². The molecule has 0 atom stereocenters. The van der Waals surface area contributed by atoms with Crippen molar-refractivity contribution in [1.29, 1.82) is 0 Å². The van der Waals surface area contributed by atoms with Crippen molar-refractivity contribution in [2.24, 2.45) is 0 Å². The Balaban J connectivity index is 1.61. The number of para-hydroxylation sites is 1. The van der Waals surface area contributed by atoms with E-state index in [4.69, 9.17) is 4.74 Å². The van der Waals surface area contributed by atoms with Crippen molar-refractivity contribution in [2.75, 3.05) is 0 Å². The number of esters is 1. The highest BCUT2D eigenvalue weighted by Gasteiger charge is 2.18. The number of aromatic nitrogens is 2. The Morgan fingerprint density at radius 1 is 0.808 bits per heavy atom. The smallest absolute Gasteiger partial charge is 0.359 e. The highest BCUT2D eigenvalue weighted by Crippen LogP contribution is 2.20. The molecule has 4 heteroatoms. The SMILES string of the molecule is O=C(OCc1ccccc1)c1nn(Cc2ccccc2)c2ccccc12. The van der Waals surface area contributed by atoms with Gasteiger partial charge in [-0.25, -0.2) is 4.79 Å². The van der Waals surface area contributed by atoms with E-state index in [0.717, 1.165) is 22.0 Å². The summed E-state index contributed by atoms with van der Waals surface area (Å²) in [7, 11) is 0. The van der Waals surface area contributed by atoms with Crippen LogP contribution >= 0.6 is 0 Å². The maximum absolute atomic E-state index is 12.6. The van der Waals surface area contributed by atoms with Crippen molar-refractivity contribution >= 4 is 16.9 Å². The second kappa shape index (κ2) is 7.23. The Morgan fingerprint density at radius 3 is 2.15 bits per heavy atom. The molecular formula is C22H18N2O2. The topological polar surface area (TPSA) is 44.1 Å². The van der Waals surface area contributed by atoms with Gasteiger partial charge in [0.1, 0.15) is 6.61 Å². The molecule has 4 rings (SSSR count). The van der Waals surface area contributed by atoms with Crippen LogP contribution in [0.1, 0.15) is 21.6 Å². The summed E-state index contributed by atoms with van der Waals surface area (Å²) in [5.74, 6) is -0.406. The summed E-state index contributed by atoms with van der Waals surface area (Å²) < 4.78 is 7.32. The quantitative estimate of drug-likeness (QED) is 0.504. The van der Waals surface area contributed by atoms with E-state index < -0.39 is 5.97 Å². The van der Waals surface area contributed by atoms with Gasteiger partial charge < -0.3 is 4.74 Å². The fraction of sp³-hybridized carbons (Fsp3) is 0.0909. The lowest BCUT2D eigenvalue weighted by Gasteiger charge is -2.04. The second-order valence-electron chi connectivity index (χ2n) is 6.07. The van der Waals surface area contributed by atoms with Gasteiger partial charge in [0.05, 0.1) is 12.1 Å². The molecule has 3 aromatic carbocycles. The average molecular weight is 342 g/mol. The first-order chi connectivity index (χ1) is 12.8. The van der Waals surface area contributed by atoms with Crippen LogP contribution in [0.3, 0.4) is 0 Å². The Labute approximate surface area is 151 Å². The van der Waals surface area contributed by atoms with Crippen LogP contribution in [0.15, 0.2) is 84.9 Å². The number of rotatable bonds is 5. The van der Waals surface area contributed by atoms with Gasteiger partial charge in [-0.05, 0) is 17.2 Å². The largest absolute Gasteiger partial charge is 0.456 e. The Hall–Kier alpha value is -3.40. The third-order valence-corrected chi connectivity index (χ3v) is 4.24. The highest BCUT2D eigenvalue weighted by atomic mass is 16.5. The van der Waals surface area contributed by atoms with Crippen LogP contribution in [-0.4, -0.2) is 15.7 Å². The minimum atomic E-state index is -0.406. The first-order valence-electron chi connectivity index (χ1n) is 8.52. The van der Waals surface area contributed by atoms with Crippen LogP contribution in [0.4, 0.5) is 0 Å². The summed E-state index contributed by atoms with van der Waals surface area (Å²) in [6.45, 7) is 0.840. The summed E-state index contributed by atoms with van der Waals surface area (Å²) in [4.78, 5) is 12.6. The van der Waals surface area contributed by atoms with Gasteiger partial charge >= 0.3 is 5.97 Å². The van der Waals surface area contributed by atoms with Crippen LogP contribution in [0, 0.1) is 0 Å². The number of hydrogen-bond acceptors (Lipinski definition) is 3. The van der Waals surface area contributed by atoms with E-state index >= 15 is 0 Å². The van der Waals surface area contributed by atoms with Gasteiger partial charge in [0.2, 0.25) is 0 Å². The predicted molar refractivity (Wildman–Crippen MR) is 101 cm³/mol.